The van der Waals surface area contributed by atoms with E-state index in [0.717, 1.165) is 36.3 Å². The maximum absolute atomic E-state index is 2.75. The van der Waals surface area contributed by atoms with E-state index in [2.05, 4.69) is 307 Å². The van der Waals surface area contributed by atoms with E-state index in [1.807, 2.05) is 0 Å². The van der Waals surface area contributed by atoms with Crippen LogP contribution >= 0.6 is 0 Å². The van der Waals surface area contributed by atoms with Crippen LogP contribution in [0.3, 0.4) is 0 Å². The highest BCUT2D eigenvalue weighted by Gasteiger charge is 2.48. The SMILES string of the molecule is Cc1cc(C(C)(C)C)ccc1N1c2ccc(-c3ccccc3)cc2B2c3cc4c(cc3N(c3ccc(C(C)(C)C)cc3-c3ccc5c(c3)C(C)(C)CCC5(C)C)c3cc(N(c5ccccc5)c5ccccc5)cc1c32)C(C)(C)CCC4(C)C. The number of para-hydroxylation sites is 2. The van der Waals surface area contributed by atoms with E-state index in [-0.39, 0.29) is 39.2 Å². The van der Waals surface area contributed by atoms with Crippen LogP contribution in [0.4, 0.5) is 51.2 Å². The third kappa shape index (κ3) is 9.17. The van der Waals surface area contributed by atoms with E-state index >= 15 is 0 Å². The molecule has 4 heteroatoms. The molecule has 4 aliphatic rings. The van der Waals surface area contributed by atoms with Crippen molar-refractivity contribution in [2.75, 3.05) is 14.7 Å². The number of hydrogen-bond donors (Lipinski definition) is 0. The van der Waals surface area contributed by atoms with Gasteiger partial charge in [0.05, 0.1) is 11.4 Å². The predicted octanol–water partition coefficient (Wildman–Crippen LogP) is 20.2. The molecule has 2 aliphatic carbocycles. The minimum Gasteiger partial charge on any atom is -0.311 e. The number of nitrogens with zero attached hydrogens (tertiary/aromatic N) is 3. The average Bonchev–Trinajstić information content (AvgIpc) is 1.09. The van der Waals surface area contributed by atoms with Gasteiger partial charge in [-0.15, -0.1) is 0 Å². The Morgan fingerprint density at radius 1 is 0.361 bits per heavy atom. The number of fused-ring (bicyclic) bond motifs is 6. The first-order valence-electron chi connectivity index (χ1n) is 30.8. The Labute approximate surface area is 497 Å². The molecule has 3 nitrogen and oxygen atoms in total. The van der Waals surface area contributed by atoms with E-state index < -0.39 is 0 Å². The van der Waals surface area contributed by atoms with Gasteiger partial charge < -0.3 is 14.7 Å². The Morgan fingerprint density at radius 3 is 1.37 bits per heavy atom. The lowest BCUT2D eigenvalue weighted by Gasteiger charge is -2.48. The van der Waals surface area contributed by atoms with Gasteiger partial charge in [0, 0.05) is 45.4 Å². The summed E-state index contributed by atoms with van der Waals surface area (Å²) in [5, 5.41) is 0. The molecular weight excluding hydrogens is 1000 g/mol. The molecule has 9 aromatic rings. The molecule has 13 rings (SSSR count). The maximum atomic E-state index is 2.75. The Kier molecular flexibility index (Phi) is 12.7. The second kappa shape index (κ2) is 19.2. The van der Waals surface area contributed by atoms with Crippen LogP contribution in [0.1, 0.15) is 162 Å². The fraction of sp³-hybridized carbons (Fsp3) is 0.316. The number of rotatable bonds is 7. The summed E-state index contributed by atoms with van der Waals surface area (Å²) in [6.07, 6.45) is 4.60. The van der Waals surface area contributed by atoms with Gasteiger partial charge in [-0.25, -0.2) is 0 Å². The molecule has 0 bridgehead atoms. The minimum atomic E-state index is -0.0959. The Hall–Kier alpha value is -7.56. The lowest BCUT2D eigenvalue weighted by Crippen LogP contribution is -2.62. The fourth-order valence-electron chi connectivity index (χ4n) is 14.7. The number of anilines is 9. The van der Waals surface area contributed by atoms with E-state index in [0.29, 0.717) is 0 Å². The second-order valence-electron chi connectivity index (χ2n) is 29.6. The predicted molar refractivity (Wildman–Crippen MR) is 359 cm³/mol. The summed E-state index contributed by atoms with van der Waals surface area (Å²) in [6, 6.07) is 73.2. The Bertz CT molecular complexity index is 3980. The van der Waals surface area contributed by atoms with Crippen molar-refractivity contribution >= 4 is 74.3 Å². The van der Waals surface area contributed by atoms with Crippen molar-refractivity contribution < 1.29 is 0 Å². The standard InChI is InChI=1S/C79H84BN3/c1-51-43-55(74(2,3)4)33-37-67(51)82-69-36-32-53(52-25-19-16-20-26-52)45-65(69)80-66-49-63-64(79(14,15)42-41-78(63,12)13)50-70(66)83(72-48-59(47-71(82)73(72)80)81(57-27-21-17-22-28-57)58-29-23-18-24-30-58)68-38-34-56(75(5,6)7)46-60(68)54-31-35-61-62(44-54)77(10,11)40-39-76(61,8)9/h16-38,43-50H,39-42H2,1-15H3. The van der Waals surface area contributed by atoms with Crippen LogP contribution in [-0.2, 0) is 32.5 Å². The monoisotopic (exact) mass is 1090 g/mol. The molecular formula is C79H84BN3. The summed E-state index contributed by atoms with van der Waals surface area (Å²) < 4.78 is 0. The van der Waals surface area contributed by atoms with Crippen molar-refractivity contribution in [2.45, 2.75) is 162 Å². The molecule has 0 spiro atoms. The second-order valence-corrected chi connectivity index (χ2v) is 29.6. The van der Waals surface area contributed by atoms with E-state index in [1.54, 1.807) is 0 Å². The topological polar surface area (TPSA) is 9.72 Å². The van der Waals surface area contributed by atoms with E-state index in [4.69, 9.17) is 0 Å². The summed E-state index contributed by atoms with van der Waals surface area (Å²) in [7, 11) is 0. The Balaban J connectivity index is 1.21. The average molecular weight is 1090 g/mol. The highest BCUT2D eigenvalue weighted by Crippen LogP contribution is 2.55. The van der Waals surface area contributed by atoms with Gasteiger partial charge in [0.25, 0.3) is 6.71 Å². The summed E-state index contributed by atoms with van der Waals surface area (Å²) in [5.41, 5.74) is 29.4. The van der Waals surface area contributed by atoms with Crippen molar-refractivity contribution in [3.8, 4) is 22.3 Å². The fourth-order valence-corrected chi connectivity index (χ4v) is 14.7. The highest BCUT2D eigenvalue weighted by atomic mass is 15.2. The Morgan fingerprint density at radius 2 is 0.819 bits per heavy atom. The highest BCUT2D eigenvalue weighted by molar-refractivity contribution is 7.00. The van der Waals surface area contributed by atoms with Crippen LogP contribution in [0.15, 0.2) is 188 Å². The molecule has 83 heavy (non-hydrogen) atoms. The van der Waals surface area contributed by atoms with Crippen LogP contribution < -0.4 is 31.1 Å². The zero-order chi connectivity index (χ0) is 58.3. The molecule has 0 atom stereocenters. The lowest BCUT2D eigenvalue weighted by atomic mass is 9.33. The quantitative estimate of drug-likeness (QED) is 0.147. The third-order valence-corrected chi connectivity index (χ3v) is 20.0. The summed E-state index contributed by atoms with van der Waals surface area (Å²) >= 11 is 0. The van der Waals surface area contributed by atoms with Crippen molar-refractivity contribution in [1.82, 2.24) is 0 Å². The molecule has 0 saturated heterocycles. The summed E-state index contributed by atoms with van der Waals surface area (Å²) in [6.45, 7) is 36.2. The van der Waals surface area contributed by atoms with Crippen LogP contribution in [0.5, 0.6) is 0 Å². The zero-order valence-corrected chi connectivity index (χ0v) is 52.1. The van der Waals surface area contributed by atoms with E-state index in [9.17, 15) is 0 Å². The first-order valence-corrected chi connectivity index (χ1v) is 30.8. The molecule has 0 amide bonds. The molecule has 9 aromatic carbocycles. The molecule has 0 radical (unpaired) electrons. The largest absolute Gasteiger partial charge is 0.311 e. The normalized spacial score (nSPS) is 17.0. The van der Waals surface area contributed by atoms with Gasteiger partial charge in [0.15, 0.2) is 0 Å². The van der Waals surface area contributed by atoms with Crippen molar-refractivity contribution in [1.29, 1.82) is 0 Å². The van der Waals surface area contributed by atoms with Gasteiger partial charge >= 0.3 is 0 Å². The third-order valence-electron chi connectivity index (χ3n) is 20.0. The molecule has 0 fully saturated rings. The van der Waals surface area contributed by atoms with E-state index in [1.165, 1.54) is 118 Å². The molecule has 2 heterocycles. The maximum Gasteiger partial charge on any atom is 0.252 e. The number of benzene rings is 9. The van der Waals surface area contributed by atoms with Crippen LogP contribution in [0.2, 0.25) is 0 Å². The smallest absolute Gasteiger partial charge is 0.252 e. The van der Waals surface area contributed by atoms with Crippen molar-refractivity contribution in [3.63, 3.8) is 0 Å². The van der Waals surface area contributed by atoms with Crippen molar-refractivity contribution in [2.24, 2.45) is 0 Å². The molecule has 2 aliphatic heterocycles. The first kappa shape index (κ1) is 54.7. The number of hydrogen-bond acceptors (Lipinski definition) is 3. The van der Waals surface area contributed by atoms with Crippen LogP contribution in [0.25, 0.3) is 22.3 Å². The van der Waals surface area contributed by atoms with Gasteiger partial charge in [-0.2, -0.15) is 0 Å². The molecule has 0 aromatic heterocycles. The summed E-state index contributed by atoms with van der Waals surface area (Å²) in [4.78, 5) is 7.87. The van der Waals surface area contributed by atoms with Crippen molar-refractivity contribution in [3.05, 3.63) is 227 Å². The first-order chi connectivity index (χ1) is 39.3. The van der Waals surface area contributed by atoms with Gasteiger partial charge in [-0.1, -0.05) is 218 Å². The van der Waals surface area contributed by atoms with Gasteiger partial charge in [-0.3, -0.25) is 0 Å². The molecule has 418 valence electrons. The minimum absolute atomic E-state index is 0.0142. The molecule has 0 saturated carbocycles. The zero-order valence-electron chi connectivity index (χ0n) is 52.1. The van der Waals surface area contributed by atoms with Gasteiger partial charge in [0.2, 0.25) is 0 Å². The van der Waals surface area contributed by atoms with Gasteiger partial charge in [0.1, 0.15) is 0 Å². The lowest BCUT2D eigenvalue weighted by molar-refractivity contribution is 0.332. The molecule has 0 unspecified atom stereocenters. The van der Waals surface area contributed by atoms with Crippen LogP contribution in [-0.4, -0.2) is 6.71 Å². The van der Waals surface area contributed by atoms with Crippen LogP contribution in [0, 0.1) is 6.92 Å². The number of aryl methyl sites for hydroxylation is 1. The summed E-state index contributed by atoms with van der Waals surface area (Å²) in [5.74, 6) is 0. The van der Waals surface area contributed by atoms with Gasteiger partial charge in [-0.05, 0) is 204 Å². The molecule has 0 N–H and O–H groups in total.